The van der Waals surface area contributed by atoms with E-state index in [2.05, 4.69) is 20.7 Å². The van der Waals surface area contributed by atoms with Gasteiger partial charge in [-0.2, -0.15) is 13.2 Å². The minimum Gasteiger partial charge on any atom is -0.462 e. The molecule has 1 rings (SSSR count). The number of alkyl halides is 3. The molecule has 0 bridgehead atoms. The molecule has 0 aliphatic heterocycles. The summed E-state index contributed by atoms with van der Waals surface area (Å²) in [6.45, 7) is 1.56. The van der Waals surface area contributed by atoms with Crippen molar-refractivity contribution in [1.29, 1.82) is 0 Å². The predicted molar refractivity (Wildman–Crippen MR) is 55.1 cm³/mol. The normalized spacial score (nSPS) is 11.3. The van der Waals surface area contributed by atoms with Crippen LogP contribution in [0.1, 0.15) is 22.8 Å². The highest BCUT2D eigenvalue weighted by atomic mass is 79.9. The van der Waals surface area contributed by atoms with Crippen LogP contribution in [0.2, 0.25) is 0 Å². The molecule has 0 N–H and O–H groups in total. The second-order valence-corrected chi connectivity index (χ2v) is 3.73. The topological polar surface area (TPSA) is 26.3 Å². The number of hydrogen-bond acceptors (Lipinski definition) is 2. The predicted octanol–water partition coefficient (Wildman–Crippen LogP) is 3.64. The zero-order chi connectivity index (χ0) is 12.3. The van der Waals surface area contributed by atoms with Crippen LogP contribution in [0.25, 0.3) is 0 Å². The van der Waals surface area contributed by atoms with Crippen LogP contribution in [0.4, 0.5) is 13.2 Å². The fourth-order valence-corrected chi connectivity index (χ4v) is 1.70. The third-order valence-electron chi connectivity index (χ3n) is 1.80. The van der Waals surface area contributed by atoms with Gasteiger partial charge in [0, 0.05) is 4.47 Å². The molecule has 1 aromatic carbocycles. The van der Waals surface area contributed by atoms with Gasteiger partial charge in [-0.15, -0.1) is 0 Å². The molecule has 0 aliphatic rings. The summed E-state index contributed by atoms with van der Waals surface area (Å²) >= 11 is 2.91. The van der Waals surface area contributed by atoms with Crippen molar-refractivity contribution < 1.29 is 22.7 Å². The zero-order valence-electron chi connectivity index (χ0n) is 8.27. The first kappa shape index (κ1) is 13.0. The molecule has 0 amide bonds. The van der Waals surface area contributed by atoms with E-state index in [0.717, 1.165) is 6.07 Å². The lowest BCUT2D eigenvalue weighted by Gasteiger charge is -2.13. The Hall–Kier alpha value is -1.04. The van der Waals surface area contributed by atoms with Gasteiger partial charge in [-0.1, -0.05) is 6.07 Å². The largest absolute Gasteiger partial charge is 0.462 e. The third-order valence-corrected chi connectivity index (χ3v) is 2.46. The maximum absolute atomic E-state index is 12.6. The van der Waals surface area contributed by atoms with Gasteiger partial charge in [-0.3, -0.25) is 0 Å². The molecule has 0 unspecified atom stereocenters. The quantitative estimate of drug-likeness (QED) is 0.779. The number of hydrogen-bond donors (Lipinski definition) is 0. The number of rotatable bonds is 2. The Morgan fingerprint density at radius 2 is 2.06 bits per heavy atom. The lowest BCUT2D eigenvalue weighted by atomic mass is 10.1. The summed E-state index contributed by atoms with van der Waals surface area (Å²) in [5.41, 5.74) is -1.49. The average Bonchev–Trinajstić information content (AvgIpc) is 2.16. The average molecular weight is 297 g/mol. The first-order chi connectivity index (χ1) is 7.38. The number of benzene rings is 1. The highest BCUT2D eigenvalue weighted by Gasteiger charge is 2.36. The van der Waals surface area contributed by atoms with Gasteiger partial charge in [-0.05, 0) is 35.0 Å². The summed E-state index contributed by atoms with van der Waals surface area (Å²) in [5, 5.41) is 0. The molecular weight excluding hydrogens is 289 g/mol. The Morgan fingerprint density at radius 3 is 2.56 bits per heavy atom. The van der Waals surface area contributed by atoms with Gasteiger partial charge in [0.15, 0.2) is 0 Å². The molecule has 6 heteroatoms. The highest BCUT2D eigenvalue weighted by Crippen LogP contribution is 2.35. The second-order valence-electron chi connectivity index (χ2n) is 2.88. The first-order valence-corrected chi connectivity index (χ1v) is 5.20. The van der Waals surface area contributed by atoms with E-state index >= 15 is 0 Å². The maximum atomic E-state index is 12.6. The fourth-order valence-electron chi connectivity index (χ4n) is 1.17. The van der Waals surface area contributed by atoms with Crippen molar-refractivity contribution in [2.75, 3.05) is 6.61 Å². The van der Waals surface area contributed by atoms with E-state index in [1.165, 1.54) is 19.1 Å². The molecule has 0 aromatic heterocycles. The molecule has 1 aromatic rings. The Balaban J connectivity index is 3.30. The van der Waals surface area contributed by atoms with Crippen LogP contribution >= 0.6 is 15.9 Å². The Kier molecular flexibility index (Phi) is 3.96. The van der Waals surface area contributed by atoms with Crippen LogP contribution in [-0.2, 0) is 10.9 Å². The minimum absolute atomic E-state index is 0.0253. The van der Waals surface area contributed by atoms with Gasteiger partial charge in [0.1, 0.15) is 0 Å². The van der Waals surface area contributed by atoms with Crippen LogP contribution in [0.3, 0.4) is 0 Å². The number of carbonyl (C=O) groups is 1. The second kappa shape index (κ2) is 4.86. The zero-order valence-corrected chi connectivity index (χ0v) is 9.85. The summed E-state index contributed by atoms with van der Waals surface area (Å²) < 4.78 is 42.4. The van der Waals surface area contributed by atoms with Gasteiger partial charge in [0.05, 0.1) is 17.7 Å². The number of esters is 1. The van der Waals surface area contributed by atoms with Crippen molar-refractivity contribution in [3.8, 4) is 0 Å². The fraction of sp³-hybridized carbons (Fsp3) is 0.300. The van der Waals surface area contributed by atoms with Crippen molar-refractivity contribution in [3.05, 3.63) is 33.8 Å². The van der Waals surface area contributed by atoms with Crippen molar-refractivity contribution in [2.24, 2.45) is 0 Å². The molecule has 0 saturated carbocycles. The summed E-state index contributed by atoms with van der Waals surface area (Å²) in [6.07, 6.45) is -4.58. The van der Waals surface area contributed by atoms with E-state index in [0.29, 0.717) is 0 Å². The van der Waals surface area contributed by atoms with Crippen molar-refractivity contribution in [1.82, 2.24) is 0 Å². The van der Waals surface area contributed by atoms with Gasteiger partial charge >= 0.3 is 12.1 Å². The first-order valence-electron chi connectivity index (χ1n) is 4.40. The van der Waals surface area contributed by atoms with Crippen LogP contribution in [0.15, 0.2) is 22.7 Å². The molecule has 16 heavy (non-hydrogen) atoms. The van der Waals surface area contributed by atoms with Crippen LogP contribution < -0.4 is 0 Å². The third kappa shape index (κ3) is 2.75. The summed E-state index contributed by atoms with van der Waals surface area (Å²) in [6, 6.07) is 3.42. The molecule has 0 radical (unpaired) electrons. The van der Waals surface area contributed by atoms with E-state index < -0.39 is 23.3 Å². The highest BCUT2D eigenvalue weighted by molar-refractivity contribution is 9.10. The molecule has 88 valence electrons. The SMILES string of the molecule is CCOC(=O)c1c(Br)cccc1C(F)(F)F. The molecule has 0 atom stereocenters. The molecule has 0 fully saturated rings. The van der Waals surface area contributed by atoms with Crippen molar-refractivity contribution in [3.63, 3.8) is 0 Å². The Labute approximate surface area is 98.5 Å². The van der Waals surface area contributed by atoms with Crippen molar-refractivity contribution >= 4 is 21.9 Å². The number of ether oxygens (including phenoxy) is 1. The van der Waals surface area contributed by atoms with Crippen LogP contribution in [0.5, 0.6) is 0 Å². The van der Waals surface area contributed by atoms with Gasteiger partial charge in [-0.25, -0.2) is 4.79 Å². The monoisotopic (exact) mass is 296 g/mol. The smallest absolute Gasteiger partial charge is 0.417 e. The van der Waals surface area contributed by atoms with E-state index in [1.54, 1.807) is 0 Å². The molecule has 0 spiro atoms. The maximum Gasteiger partial charge on any atom is 0.417 e. The minimum atomic E-state index is -4.58. The molecule has 2 nitrogen and oxygen atoms in total. The van der Waals surface area contributed by atoms with Crippen LogP contribution in [0, 0.1) is 0 Å². The lowest BCUT2D eigenvalue weighted by Crippen LogP contribution is -2.15. The van der Waals surface area contributed by atoms with Gasteiger partial charge < -0.3 is 4.74 Å². The standard InChI is InChI=1S/C10H8BrF3O2/c1-2-16-9(15)8-6(10(12,13)14)4-3-5-7(8)11/h3-5H,2H2,1H3. The van der Waals surface area contributed by atoms with E-state index in [-0.39, 0.29) is 11.1 Å². The Morgan fingerprint density at radius 1 is 1.44 bits per heavy atom. The molecular formula is C10H8BrF3O2. The molecule has 0 saturated heterocycles. The lowest BCUT2D eigenvalue weighted by molar-refractivity contribution is -0.138. The summed E-state index contributed by atoms with van der Waals surface area (Å²) in [7, 11) is 0. The summed E-state index contributed by atoms with van der Waals surface area (Å²) in [4.78, 5) is 11.4. The molecule has 0 aliphatic carbocycles. The van der Waals surface area contributed by atoms with E-state index in [9.17, 15) is 18.0 Å². The summed E-state index contributed by atoms with van der Waals surface area (Å²) in [5.74, 6) is -0.984. The molecule has 0 heterocycles. The number of carbonyl (C=O) groups excluding carboxylic acids is 1. The van der Waals surface area contributed by atoms with Gasteiger partial charge in [0.25, 0.3) is 0 Å². The van der Waals surface area contributed by atoms with Crippen molar-refractivity contribution in [2.45, 2.75) is 13.1 Å². The van der Waals surface area contributed by atoms with E-state index in [4.69, 9.17) is 0 Å². The van der Waals surface area contributed by atoms with E-state index in [1.807, 2.05) is 0 Å². The van der Waals surface area contributed by atoms with Gasteiger partial charge in [0.2, 0.25) is 0 Å². The Bertz CT molecular complexity index is 402. The number of halogens is 4. The van der Waals surface area contributed by atoms with Crippen LogP contribution in [-0.4, -0.2) is 12.6 Å².